The number of benzene rings is 1. The third-order valence-corrected chi connectivity index (χ3v) is 3.23. The second-order valence-corrected chi connectivity index (χ2v) is 6.64. The van der Waals surface area contributed by atoms with Crippen LogP contribution < -0.4 is 5.32 Å². The molecule has 21 heavy (non-hydrogen) atoms. The lowest BCUT2D eigenvalue weighted by Crippen LogP contribution is -2.44. The number of nitrogens with one attached hydrogen (secondary N) is 1. The Morgan fingerprint density at radius 2 is 1.95 bits per heavy atom. The second kappa shape index (κ2) is 8.03. The first-order chi connectivity index (χ1) is 9.83. The van der Waals surface area contributed by atoms with Gasteiger partial charge in [-0.25, -0.2) is 4.79 Å². The van der Waals surface area contributed by atoms with Gasteiger partial charge in [0.05, 0.1) is 0 Å². The van der Waals surface area contributed by atoms with Gasteiger partial charge in [0.1, 0.15) is 0 Å². The first kappa shape index (κ1) is 17.5. The summed E-state index contributed by atoms with van der Waals surface area (Å²) < 4.78 is 0. The number of hydrogen-bond donors (Lipinski definition) is 2. The largest absolute Gasteiger partial charge is 0.396 e. The fourth-order valence-electron chi connectivity index (χ4n) is 2.18. The van der Waals surface area contributed by atoms with E-state index in [1.165, 1.54) is 5.56 Å². The standard InChI is InChI=1S/C17H28N2O2/c1-14-8-5-6-9-15(14)12-18-16(21)19(10-7-11-20)13-17(2,3)4/h5-6,8-9,20H,7,10-13H2,1-4H3,(H,18,21). The van der Waals surface area contributed by atoms with Gasteiger partial charge in [-0.05, 0) is 29.9 Å². The fraction of sp³-hybridized carbons (Fsp3) is 0.588. The predicted molar refractivity (Wildman–Crippen MR) is 86.1 cm³/mol. The molecule has 1 aromatic rings. The Balaban J connectivity index is 2.61. The van der Waals surface area contributed by atoms with Crippen LogP contribution in [0.1, 0.15) is 38.3 Å². The molecule has 0 aliphatic heterocycles. The summed E-state index contributed by atoms with van der Waals surface area (Å²) in [6, 6.07) is 7.97. The van der Waals surface area contributed by atoms with Gasteiger partial charge in [0.25, 0.3) is 0 Å². The van der Waals surface area contributed by atoms with Gasteiger partial charge in [0.15, 0.2) is 0 Å². The minimum absolute atomic E-state index is 0.0372. The van der Waals surface area contributed by atoms with Gasteiger partial charge in [0, 0.05) is 26.2 Å². The Hall–Kier alpha value is -1.55. The lowest BCUT2D eigenvalue weighted by atomic mass is 9.96. The predicted octanol–water partition coefficient (Wildman–Crippen LogP) is 2.94. The Bertz CT molecular complexity index is 452. The molecular weight excluding hydrogens is 264 g/mol. The van der Waals surface area contributed by atoms with E-state index in [1.54, 1.807) is 4.90 Å². The van der Waals surface area contributed by atoms with Crippen LogP contribution >= 0.6 is 0 Å². The molecule has 2 N–H and O–H groups in total. The number of aryl methyl sites for hydroxylation is 1. The van der Waals surface area contributed by atoms with Crippen LogP contribution in [0.25, 0.3) is 0 Å². The molecule has 0 atom stereocenters. The SMILES string of the molecule is Cc1ccccc1CNC(=O)N(CCCO)CC(C)(C)C. The fourth-order valence-corrected chi connectivity index (χ4v) is 2.18. The first-order valence-corrected chi connectivity index (χ1v) is 7.51. The van der Waals surface area contributed by atoms with E-state index in [0.717, 1.165) is 5.56 Å². The molecule has 4 heteroatoms. The maximum atomic E-state index is 12.3. The zero-order chi connectivity index (χ0) is 15.9. The lowest BCUT2D eigenvalue weighted by Gasteiger charge is -2.30. The summed E-state index contributed by atoms with van der Waals surface area (Å²) in [5.74, 6) is 0. The molecule has 0 saturated carbocycles. The van der Waals surface area contributed by atoms with Crippen LogP contribution in [-0.4, -0.2) is 35.7 Å². The van der Waals surface area contributed by atoms with Gasteiger partial charge in [-0.15, -0.1) is 0 Å². The number of urea groups is 1. The lowest BCUT2D eigenvalue weighted by molar-refractivity contribution is 0.164. The third-order valence-electron chi connectivity index (χ3n) is 3.23. The van der Waals surface area contributed by atoms with Crippen molar-refractivity contribution in [1.29, 1.82) is 0 Å². The number of hydrogen-bond acceptors (Lipinski definition) is 2. The summed E-state index contributed by atoms with van der Waals surface area (Å²) in [5, 5.41) is 12.0. The summed E-state index contributed by atoms with van der Waals surface area (Å²) in [6.45, 7) is 10.2. The number of aliphatic hydroxyl groups is 1. The molecule has 118 valence electrons. The van der Waals surface area contributed by atoms with Gasteiger partial charge in [-0.1, -0.05) is 45.0 Å². The van der Waals surface area contributed by atoms with E-state index >= 15 is 0 Å². The first-order valence-electron chi connectivity index (χ1n) is 7.51. The number of aliphatic hydroxyl groups excluding tert-OH is 1. The molecule has 0 saturated heterocycles. The molecule has 0 unspecified atom stereocenters. The Labute approximate surface area is 128 Å². The summed E-state index contributed by atoms with van der Waals surface area (Å²) in [6.07, 6.45) is 0.605. The minimum Gasteiger partial charge on any atom is -0.396 e. The molecule has 0 fully saturated rings. The van der Waals surface area contributed by atoms with Crippen molar-refractivity contribution in [1.82, 2.24) is 10.2 Å². The summed E-state index contributed by atoms with van der Waals surface area (Å²) in [7, 11) is 0. The molecule has 2 amide bonds. The zero-order valence-electron chi connectivity index (χ0n) is 13.6. The minimum atomic E-state index is -0.0679. The summed E-state index contributed by atoms with van der Waals surface area (Å²) in [4.78, 5) is 14.1. The highest BCUT2D eigenvalue weighted by molar-refractivity contribution is 5.74. The van der Waals surface area contributed by atoms with Gasteiger partial charge in [-0.2, -0.15) is 0 Å². The van der Waals surface area contributed by atoms with E-state index in [0.29, 0.717) is 26.1 Å². The van der Waals surface area contributed by atoms with Crippen molar-refractivity contribution in [3.05, 3.63) is 35.4 Å². The van der Waals surface area contributed by atoms with Crippen LogP contribution in [0.3, 0.4) is 0 Å². The molecule has 0 spiro atoms. The molecule has 4 nitrogen and oxygen atoms in total. The second-order valence-electron chi connectivity index (χ2n) is 6.64. The molecule has 0 aliphatic carbocycles. The number of carbonyl (C=O) groups is 1. The molecule has 1 aromatic carbocycles. The molecule has 0 aliphatic rings. The van der Waals surface area contributed by atoms with Crippen LogP contribution in [0, 0.1) is 12.3 Å². The van der Waals surface area contributed by atoms with Crippen LogP contribution in [0.5, 0.6) is 0 Å². The number of nitrogens with zero attached hydrogens (tertiary/aromatic N) is 1. The quantitative estimate of drug-likeness (QED) is 0.847. The molecule has 0 radical (unpaired) electrons. The Morgan fingerprint density at radius 3 is 2.52 bits per heavy atom. The number of rotatable bonds is 6. The van der Waals surface area contributed by atoms with E-state index in [-0.39, 0.29) is 18.1 Å². The zero-order valence-corrected chi connectivity index (χ0v) is 13.6. The van der Waals surface area contributed by atoms with Crippen molar-refractivity contribution < 1.29 is 9.90 Å². The van der Waals surface area contributed by atoms with Crippen molar-refractivity contribution in [3.63, 3.8) is 0 Å². The normalized spacial score (nSPS) is 11.3. The smallest absolute Gasteiger partial charge is 0.317 e. The highest BCUT2D eigenvalue weighted by Crippen LogP contribution is 2.15. The Kier molecular flexibility index (Phi) is 6.69. The topological polar surface area (TPSA) is 52.6 Å². The highest BCUT2D eigenvalue weighted by Gasteiger charge is 2.20. The maximum Gasteiger partial charge on any atom is 0.317 e. The number of carbonyl (C=O) groups excluding carboxylic acids is 1. The molecule has 1 rings (SSSR count). The van der Waals surface area contributed by atoms with Crippen LogP contribution in [0.15, 0.2) is 24.3 Å². The van der Waals surface area contributed by atoms with Gasteiger partial charge in [-0.3, -0.25) is 0 Å². The van der Waals surface area contributed by atoms with Gasteiger partial charge >= 0.3 is 6.03 Å². The summed E-state index contributed by atoms with van der Waals surface area (Å²) in [5.41, 5.74) is 2.34. The van der Waals surface area contributed by atoms with Crippen molar-refractivity contribution >= 4 is 6.03 Å². The number of amides is 2. The van der Waals surface area contributed by atoms with Gasteiger partial charge in [0.2, 0.25) is 0 Å². The van der Waals surface area contributed by atoms with E-state index < -0.39 is 0 Å². The monoisotopic (exact) mass is 292 g/mol. The van der Waals surface area contributed by atoms with E-state index in [1.807, 2.05) is 31.2 Å². The maximum absolute atomic E-state index is 12.3. The van der Waals surface area contributed by atoms with E-state index in [2.05, 4.69) is 26.1 Å². The van der Waals surface area contributed by atoms with Crippen LogP contribution in [-0.2, 0) is 6.54 Å². The summed E-state index contributed by atoms with van der Waals surface area (Å²) >= 11 is 0. The molecule has 0 aromatic heterocycles. The van der Waals surface area contributed by atoms with E-state index in [4.69, 9.17) is 5.11 Å². The molecule has 0 bridgehead atoms. The molecule has 0 heterocycles. The average Bonchev–Trinajstić information content (AvgIpc) is 2.41. The average molecular weight is 292 g/mol. The van der Waals surface area contributed by atoms with E-state index in [9.17, 15) is 4.79 Å². The van der Waals surface area contributed by atoms with Crippen LogP contribution in [0.4, 0.5) is 4.79 Å². The van der Waals surface area contributed by atoms with Crippen molar-refractivity contribution in [2.45, 2.75) is 40.7 Å². The molecular formula is C17H28N2O2. The highest BCUT2D eigenvalue weighted by atomic mass is 16.3. The van der Waals surface area contributed by atoms with Gasteiger partial charge < -0.3 is 15.3 Å². The van der Waals surface area contributed by atoms with Crippen molar-refractivity contribution in [3.8, 4) is 0 Å². The third kappa shape index (κ3) is 6.63. The van der Waals surface area contributed by atoms with Crippen LogP contribution in [0.2, 0.25) is 0 Å². The Morgan fingerprint density at radius 1 is 1.29 bits per heavy atom. The van der Waals surface area contributed by atoms with Crippen molar-refractivity contribution in [2.75, 3.05) is 19.7 Å². The van der Waals surface area contributed by atoms with Crippen molar-refractivity contribution in [2.24, 2.45) is 5.41 Å².